The quantitative estimate of drug-likeness (QED) is 0.569. The van der Waals surface area contributed by atoms with Crippen molar-refractivity contribution in [3.05, 3.63) is 35.2 Å². The molecule has 0 aliphatic carbocycles. The first kappa shape index (κ1) is 15.8. The number of hydrogen-bond acceptors (Lipinski definition) is 5. The van der Waals surface area contributed by atoms with Crippen molar-refractivity contribution < 1.29 is 9.59 Å². The summed E-state index contributed by atoms with van der Waals surface area (Å²) in [5, 5.41) is 6.09. The Morgan fingerprint density at radius 1 is 1.45 bits per heavy atom. The van der Waals surface area contributed by atoms with Gasteiger partial charge in [-0.25, -0.2) is 0 Å². The third-order valence-corrected chi connectivity index (χ3v) is 3.52. The van der Waals surface area contributed by atoms with Crippen LogP contribution in [0, 0.1) is 0 Å². The number of thiophene rings is 1. The topological polar surface area (TPSA) is 110 Å². The zero-order valence-electron chi connectivity index (χ0n) is 11.3. The van der Waals surface area contributed by atoms with Crippen molar-refractivity contribution in [1.82, 2.24) is 5.32 Å². The minimum absolute atomic E-state index is 0.0910. The summed E-state index contributed by atoms with van der Waals surface area (Å²) in [7, 11) is 0. The zero-order chi connectivity index (χ0) is 15.3. The smallest absolute Gasteiger partial charge is 0.263 e. The lowest BCUT2D eigenvalue weighted by Gasteiger charge is -2.04. The number of nitrogen functional groups attached to an aromatic ring is 1. The number of nitrogens with one attached hydrogen (secondary N) is 2. The summed E-state index contributed by atoms with van der Waals surface area (Å²) >= 11 is 1.09. The number of nitrogens with two attached hydrogens (primary N) is 2. The molecule has 0 aliphatic heterocycles. The molecular formula is C13H18N4O2S. The average molecular weight is 294 g/mol. The molecule has 20 heavy (non-hydrogen) atoms. The van der Waals surface area contributed by atoms with E-state index in [1.807, 2.05) is 6.92 Å². The van der Waals surface area contributed by atoms with E-state index in [2.05, 4.69) is 23.8 Å². The van der Waals surface area contributed by atoms with Gasteiger partial charge in [-0.1, -0.05) is 18.2 Å². The van der Waals surface area contributed by atoms with Gasteiger partial charge in [0.2, 0.25) is 0 Å². The second-order valence-electron chi connectivity index (χ2n) is 4.22. The minimum atomic E-state index is -0.675. The van der Waals surface area contributed by atoms with Crippen LogP contribution in [0.2, 0.25) is 0 Å². The van der Waals surface area contributed by atoms with Gasteiger partial charge in [0, 0.05) is 13.1 Å². The van der Waals surface area contributed by atoms with Gasteiger partial charge >= 0.3 is 0 Å². The van der Waals surface area contributed by atoms with Gasteiger partial charge in [0.1, 0.15) is 9.88 Å². The van der Waals surface area contributed by atoms with Crippen LogP contribution in [-0.4, -0.2) is 24.9 Å². The van der Waals surface area contributed by atoms with Crippen LogP contribution in [0.15, 0.2) is 24.8 Å². The van der Waals surface area contributed by atoms with E-state index in [0.717, 1.165) is 16.9 Å². The molecule has 0 bridgehead atoms. The van der Waals surface area contributed by atoms with Crippen molar-refractivity contribution in [1.29, 1.82) is 0 Å². The molecule has 108 valence electrons. The number of carbonyl (C=O) groups excluding carboxylic acids is 2. The first-order chi connectivity index (χ1) is 9.38. The van der Waals surface area contributed by atoms with Gasteiger partial charge in [-0.2, -0.15) is 0 Å². The van der Waals surface area contributed by atoms with E-state index < -0.39 is 5.91 Å². The Balaban J connectivity index is 3.11. The number of rotatable bonds is 7. The lowest BCUT2D eigenvalue weighted by Crippen LogP contribution is -2.23. The fraction of sp³-hybridized carbons (Fsp3) is 0.231. The summed E-state index contributed by atoms with van der Waals surface area (Å²) in [6.07, 6.45) is 1.55. The van der Waals surface area contributed by atoms with Crippen molar-refractivity contribution in [2.24, 2.45) is 5.73 Å². The first-order valence-electron chi connectivity index (χ1n) is 5.87. The van der Waals surface area contributed by atoms with E-state index in [1.54, 1.807) is 6.08 Å². The van der Waals surface area contributed by atoms with Gasteiger partial charge < -0.3 is 22.1 Å². The molecular weight excluding hydrogens is 276 g/mol. The molecule has 0 aromatic carbocycles. The molecule has 1 rings (SSSR count). The summed E-state index contributed by atoms with van der Waals surface area (Å²) in [6, 6.07) is 0. The Labute approximate surface area is 121 Å². The minimum Gasteiger partial charge on any atom is -0.397 e. The lowest BCUT2D eigenvalue weighted by atomic mass is 10.2. The van der Waals surface area contributed by atoms with Crippen molar-refractivity contribution >= 4 is 33.8 Å². The maximum absolute atomic E-state index is 11.9. The van der Waals surface area contributed by atoms with Gasteiger partial charge in [-0.3, -0.25) is 9.59 Å². The Morgan fingerprint density at radius 2 is 2.10 bits per heavy atom. The molecule has 7 heteroatoms. The number of amides is 2. The molecule has 1 aromatic rings. The number of carbonyl (C=O) groups is 2. The highest BCUT2D eigenvalue weighted by molar-refractivity contribution is 7.19. The van der Waals surface area contributed by atoms with E-state index in [0.29, 0.717) is 18.1 Å². The van der Waals surface area contributed by atoms with E-state index in [1.165, 1.54) is 0 Å². The van der Waals surface area contributed by atoms with Crippen LogP contribution in [0.1, 0.15) is 27.0 Å². The normalized spacial score (nSPS) is 9.85. The predicted octanol–water partition coefficient (Wildman–Crippen LogP) is 1.33. The highest BCUT2D eigenvalue weighted by atomic mass is 32.1. The van der Waals surface area contributed by atoms with Crippen LogP contribution >= 0.6 is 11.3 Å². The van der Waals surface area contributed by atoms with Crippen molar-refractivity contribution in [2.75, 3.05) is 24.1 Å². The van der Waals surface area contributed by atoms with Gasteiger partial charge in [-0.15, -0.1) is 17.9 Å². The highest BCUT2D eigenvalue weighted by Crippen LogP contribution is 2.35. The Morgan fingerprint density at radius 3 is 2.60 bits per heavy atom. The molecule has 0 radical (unpaired) electrons. The number of anilines is 2. The van der Waals surface area contributed by atoms with Gasteiger partial charge in [0.25, 0.3) is 11.8 Å². The summed E-state index contributed by atoms with van der Waals surface area (Å²) in [4.78, 5) is 23.7. The predicted molar refractivity (Wildman–Crippen MR) is 83.1 cm³/mol. The summed E-state index contributed by atoms with van der Waals surface area (Å²) in [6.45, 7) is 9.88. The van der Waals surface area contributed by atoms with E-state index in [-0.39, 0.29) is 22.0 Å². The maximum atomic E-state index is 11.9. The highest BCUT2D eigenvalue weighted by Gasteiger charge is 2.23. The van der Waals surface area contributed by atoms with Crippen LogP contribution in [0.4, 0.5) is 10.7 Å². The van der Waals surface area contributed by atoms with Crippen LogP contribution in [0.25, 0.3) is 0 Å². The first-order valence-corrected chi connectivity index (χ1v) is 6.69. The van der Waals surface area contributed by atoms with Crippen LogP contribution < -0.4 is 22.1 Å². The fourth-order valence-electron chi connectivity index (χ4n) is 1.46. The molecule has 0 atom stereocenters. The average Bonchev–Trinajstić information content (AvgIpc) is 2.70. The molecule has 1 aromatic heterocycles. The monoisotopic (exact) mass is 294 g/mol. The Hall–Kier alpha value is -2.28. The molecule has 6 N–H and O–H groups in total. The second-order valence-corrected chi connectivity index (χ2v) is 5.24. The summed E-state index contributed by atoms with van der Waals surface area (Å²) in [5.41, 5.74) is 12.3. The van der Waals surface area contributed by atoms with Crippen LogP contribution in [0.3, 0.4) is 0 Å². The molecule has 0 aliphatic rings. The molecule has 0 unspecified atom stereocenters. The standard InChI is InChI=1S/C13H18N4O2S/c1-4-5-16-12(19)10-9(14)8(11(15)18)13(20-10)17-6-7(2)3/h4,17H,1-2,5-6,14H2,3H3,(H2,15,18)(H,16,19). The van der Waals surface area contributed by atoms with Crippen molar-refractivity contribution in [3.8, 4) is 0 Å². The SMILES string of the molecule is C=CCNC(=O)c1sc(NCC(=C)C)c(C(N)=O)c1N. The van der Waals surface area contributed by atoms with Gasteiger partial charge in [-0.05, 0) is 6.92 Å². The largest absolute Gasteiger partial charge is 0.397 e. The lowest BCUT2D eigenvalue weighted by molar-refractivity contribution is 0.0962. The molecule has 0 saturated carbocycles. The molecule has 6 nitrogen and oxygen atoms in total. The Kier molecular flexibility index (Phi) is 5.33. The fourth-order valence-corrected chi connectivity index (χ4v) is 2.50. The number of hydrogen-bond donors (Lipinski definition) is 4. The zero-order valence-corrected chi connectivity index (χ0v) is 12.1. The number of primary amides is 1. The van der Waals surface area contributed by atoms with E-state index >= 15 is 0 Å². The molecule has 0 fully saturated rings. The molecule has 0 spiro atoms. The van der Waals surface area contributed by atoms with Crippen molar-refractivity contribution in [2.45, 2.75) is 6.92 Å². The van der Waals surface area contributed by atoms with Crippen LogP contribution in [0.5, 0.6) is 0 Å². The van der Waals surface area contributed by atoms with Gasteiger partial charge in [0.15, 0.2) is 0 Å². The second kappa shape index (κ2) is 6.76. The van der Waals surface area contributed by atoms with E-state index in [4.69, 9.17) is 11.5 Å². The summed E-state index contributed by atoms with van der Waals surface area (Å²) in [5.74, 6) is -1.04. The molecule has 2 amide bonds. The molecule has 0 saturated heterocycles. The van der Waals surface area contributed by atoms with Crippen molar-refractivity contribution in [3.63, 3.8) is 0 Å². The maximum Gasteiger partial charge on any atom is 0.263 e. The van der Waals surface area contributed by atoms with Gasteiger partial charge in [0.05, 0.1) is 11.3 Å². The summed E-state index contributed by atoms with van der Waals surface area (Å²) < 4.78 is 0. The third-order valence-electron chi connectivity index (χ3n) is 2.36. The van der Waals surface area contributed by atoms with E-state index in [9.17, 15) is 9.59 Å². The third kappa shape index (κ3) is 3.61. The van der Waals surface area contributed by atoms with Crippen LogP contribution in [-0.2, 0) is 0 Å². The Bertz CT molecular complexity index is 563. The molecule has 1 heterocycles.